The van der Waals surface area contributed by atoms with Gasteiger partial charge in [-0.05, 0) is 25.0 Å². The van der Waals surface area contributed by atoms with Crippen LogP contribution in [0.1, 0.15) is 54.9 Å². The molecule has 3 rings (SSSR count). The molecular weight excluding hydrogens is 230 g/mol. The van der Waals surface area contributed by atoms with Gasteiger partial charge in [0.15, 0.2) is 0 Å². The highest BCUT2D eigenvalue weighted by Crippen LogP contribution is 2.41. The van der Waals surface area contributed by atoms with E-state index in [-0.39, 0.29) is 0 Å². The van der Waals surface area contributed by atoms with Crippen molar-refractivity contribution < 1.29 is 0 Å². The third-order valence-corrected chi connectivity index (χ3v) is 4.47. The highest BCUT2D eigenvalue weighted by atomic mass is 32.2. The molecule has 0 bridgehead atoms. The SMILES string of the molecule is CCCSCc1nc2c(c(C3CC3)n1)CNC2. The number of aromatic nitrogens is 2. The number of rotatable bonds is 5. The van der Waals surface area contributed by atoms with Gasteiger partial charge in [0.25, 0.3) is 0 Å². The first-order valence-electron chi connectivity index (χ1n) is 6.55. The lowest BCUT2D eigenvalue weighted by Crippen LogP contribution is -2.04. The maximum absolute atomic E-state index is 4.81. The van der Waals surface area contributed by atoms with Crippen LogP contribution in [0.15, 0.2) is 0 Å². The number of nitrogens with zero attached hydrogens (tertiary/aromatic N) is 2. The third-order valence-electron chi connectivity index (χ3n) is 3.31. The Kier molecular flexibility index (Phi) is 3.34. The van der Waals surface area contributed by atoms with Crippen molar-refractivity contribution in [2.75, 3.05) is 5.75 Å². The molecule has 3 nitrogen and oxygen atoms in total. The van der Waals surface area contributed by atoms with Crippen LogP contribution in [-0.4, -0.2) is 15.7 Å². The molecule has 92 valence electrons. The fourth-order valence-corrected chi connectivity index (χ4v) is 3.06. The van der Waals surface area contributed by atoms with Crippen molar-refractivity contribution in [3.8, 4) is 0 Å². The fraction of sp³-hybridized carbons (Fsp3) is 0.692. The van der Waals surface area contributed by atoms with Crippen LogP contribution in [-0.2, 0) is 18.8 Å². The highest BCUT2D eigenvalue weighted by Gasteiger charge is 2.31. The van der Waals surface area contributed by atoms with Crippen LogP contribution in [0.5, 0.6) is 0 Å². The summed E-state index contributed by atoms with van der Waals surface area (Å²) >= 11 is 1.95. The standard InChI is InChI=1S/C13H19N3S/c1-2-5-17-8-12-15-11-7-14-6-10(11)13(16-12)9-3-4-9/h9,14H,2-8H2,1H3. The molecule has 1 aromatic rings. The normalized spacial score (nSPS) is 18.4. The van der Waals surface area contributed by atoms with Gasteiger partial charge < -0.3 is 5.32 Å². The molecule has 0 amide bonds. The van der Waals surface area contributed by atoms with Crippen molar-refractivity contribution >= 4 is 11.8 Å². The molecular formula is C13H19N3S. The Morgan fingerprint density at radius 3 is 2.94 bits per heavy atom. The molecule has 1 aromatic heterocycles. The number of hydrogen-bond acceptors (Lipinski definition) is 4. The van der Waals surface area contributed by atoms with Crippen molar-refractivity contribution in [2.45, 2.75) is 50.9 Å². The van der Waals surface area contributed by atoms with E-state index in [1.165, 1.54) is 42.0 Å². The molecule has 1 aliphatic carbocycles. The maximum Gasteiger partial charge on any atom is 0.138 e. The van der Waals surface area contributed by atoms with E-state index in [0.717, 1.165) is 30.6 Å². The number of thioether (sulfide) groups is 1. The lowest BCUT2D eigenvalue weighted by molar-refractivity contribution is 0.755. The fourth-order valence-electron chi connectivity index (χ4n) is 2.31. The van der Waals surface area contributed by atoms with Gasteiger partial charge in [0.05, 0.1) is 17.1 Å². The minimum Gasteiger partial charge on any atom is -0.307 e. The second-order valence-corrected chi connectivity index (χ2v) is 5.99. The van der Waals surface area contributed by atoms with E-state index >= 15 is 0 Å². The second-order valence-electron chi connectivity index (χ2n) is 4.88. The average molecular weight is 249 g/mol. The largest absolute Gasteiger partial charge is 0.307 e. The summed E-state index contributed by atoms with van der Waals surface area (Å²) in [7, 11) is 0. The van der Waals surface area contributed by atoms with Crippen LogP contribution < -0.4 is 5.32 Å². The molecule has 0 unspecified atom stereocenters. The average Bonchev–Trinajstić information content (AvgIpc) is 3.07. The molecule has 0 atom stereocenters. The zero-order chi connectivity index (χ0) is 11.7. The molecule has 2 aliphatic rings. The minimum absolute atomic E-state index is 0.738. The van der Waals surface area contributed by atoms with E-state index in [1.807, 2.05) is 11.8 Å². The molecule has 1 N–H and O–H groups in total. The summed E-state index contributed by atoms with van der Waals surface area (Å²) in [4.78, 5) is 9.51. The Bertz CT molecular complexity index is 415. The Balaban J connectivity index is 1.82. The first kappa shape index (κ1) is 11.5. The van der Waals surface area contributed by atoms with Gasteiger partial charge in [-0.3, -0.25) is 0 Å². The van der Waals surface area contributed by atoms with Gasteiger partial charge in [0.2, 0.25) is 0 Å². The molecule has 1 fully saturated rings. The molecule has 1 saturated carbocycles. The van der Waals surface area contributed by atoms with Gasteiger partial charge in [-0.15, -0.1) is 0 Å². The van der Waals surface area contributed by atoms with Crippen molar-refractivity contribution in [1.82, 2.24) is 15.3 Å². The van der Waals surface area contributed by atoms with Crippen LogP contribution in [0.3, 0.4) is 0 Å². The van der Waals surface area contributed by atoms with E-state index in [4.69, 9.17) is 9.97 Å². The number of hydrogen-bond donors (Lipinski definition) is 1. The van der Waals surface area contributed by atoms with Crippen LogP contribution >= 0.6 is 11.8 Å². The number of fused-ring (bicyclic) bond motifs is 1. The summed E-state index contributed by atoms with van der Waals surface area (Å²) in [5, 5.41) is 3.40. The van der Waals surface area contributed by atoms with Crippen LogP contribution in [0.2, 0.25) is 0 Å². The van der Waals surface area contributed by atoms with Crippen LogP contribution in [0.25, 0.3) is 0 Å². The molecule has 17 heavy (non-hydrogen) atoms. The van der Waals surface area contributed by atoms with Crippen molar-refractivity contribution in [2.24, 2.45) is 0 Å². The van der Waals surface area contributed by atoms with Gasteiger partial charge in [0, 0.05) is 24.6 Å². The zero-order valence-electron chi connectivity index (χ0n) is 10.3. The molecule has 0 spiro atoms. The van der Waals surface area contributed by atoms with Crippen molar-refractivity contribution in [3.05, 3.63) is 22.8 Å². The van der Waals surface area contributed by atoms with Gasteiger partial charge in [0.1, 0.15) is 5.82 Å². The minimum atomic E-state index is 0.738. The smallest absolute Gasteiger partial charge is 0.138 e. The van der Waals surface area contributed by atoms with E-state index in [0.29, 0.717) is 0 Å². The quantitative estimate of drug-likeness (QED) is 0.814. The van der Waals surface area contributed by atoms with Crippen molar-refractivity contribution in [3.63, 3.8) is 0 Å². The highest BCUT2D eigenvalue weighted by molar-refractivity contribution is 7.98. The van der Waals surface area contributed by atoms with Gasteiger partial charge in [-0.25, -0.2) is 9.97 Å². The van der Waals surface area contributed by atoms with Gasteiger partial charge in [-0.1, -0.05) is 6.92 Å². The van der Waals surface area contributed by atoms with E-state index < -0.39 is 0 Å². The molecule has 0 aromatic carbocycles. The second kappa shape index (κ2) is 4.94. The predicted molar refractivity (Wildman–Crippen MR) is 71.0 cm³/mol. The molecule has 2 heterocycles. The summed E-state index contributed by atoms with van der Waals surface area (Å²) in [6, 6.07) is 0. The van der Waals surface area contributed by atoms with Crippen molar-refractivity contribution in [1.29, 1.82) is 0 Å². The Labute approximate surface area is 107 Å². The molecule has 1 aliphatic heterocycles. The van der Waals surface area contributed by atoms with Crippen LogP contribution in [0, 0.1) is 0 Å². The zero-order valence-corrected chi connectivity index (χ0v) is 11.1. The summed E-state index contributed by atoms with van der Waals surface area (Å²) < 4.78 is 0. The lowest BCUT2D eigenvalue weighted by atomic mass is 10.1. The molecule has 0 saturated heterocycles. The molecule has 0 radical (unpaired) electrons. The Hall–Kier alpha value is -0.610. The van der Waals surface area contributed by atoms with Gasteiger partial charge in [-0.2, -0.15) is 11.8 Å². The summed E-state index contributed by atoms with van der Waals surface area (Å²) in [5.41, 5.74) is 4.01. The van der Waals surface area contributed by atoms with E-state index in [9.17, 15) is 0 Å². The summed E-state index contributed by atoms with van der Waals surface area (Å²) in [6.07, 6.45) is 3.88. The third kappa shape index (κ3) is 2.47. The number of nitrogens with one attached hydrogen (secondary N) is 1. The van der Waals surface area contributed by atoms with E-state index in [2.05, 4.69) is 12.2 Å². The lowest BCUT2D eigenvalue weighted by Gasteiger charge is -2.08. The first-order valence-corrected chi connectivity index (χ1v) is 7.71. The van der Waals surface area contributed by atoms with E-state index in [1.54, 1.807) is 0 Å². The first-order chi connectivity index (χ1) is 8.38. The summed E-state index contributed by atoms with van der Waals surface area (Å²) in [6.45, 7) is 4.13. The summed E-state index contributed by atoms with van der Waals surface area (Å²) in [5.74, 6) is 3.97. The molecule has 4 heteroatoms. The van der Waals surface area contributed by atoms with Crippen LogP contribution in [0.4, 0.5) is 0 Å². The maximum atomic E-state index is 4.81. The predicted octanol–water partition coefficient (Wildman–Crippen LogP) is 2.60. The topological polar surface area (TPSA) is 37.8 Å². The Morgan fingerprint density at radius 1 is 1.29 bits per heavy atom. The van der Waals surface area contributed by atoms with Gasteiger partial charge >= 0.3 is 0 Å². The Morgan fingerprint density at radius 2 is 2.18 bits per heavy atom. The monoisotopic (exact) mass is 249 g/mol.